The highest BCUT2D eigenvalue weighted by Gasteiger charge is 2.49. The van der Waals surface area contributed by atoms with Gasteiger partial charge in [0.15, 0.2) is 0 Å². The highest BCUT2D eigenvalue weighted by molar-refractivity contribution is 5.96. The molecule has 0 aliphatic heterocycles. The molecule has 0 amide bonds. The van der Waals surface area contributed by atoms with Gasteiger partial charge in [0.1, 0.15) is 29.1 Å². The molecular formula is C135H129F5. The summed E-state index contributed by atoms with van der Waals surface area (Å²) < 4.78 is 72.6. The van der Waals surface area contributed by atoms with Gasteiger partial charge in [-0.05, 0) is 306 Å². The van der Waals surface area contributed by atoms with Crippen LogP contribution in [0.3, 0.4) is 0 Å². The van der Waals surface area contributed by atoms with Crippen LogP contribution < -0.4 is 0 Å². The zero-order valence-electron chi connectivity index (χ0n) is 85.5. The Bertz CT molecular complexity index is 7600. The van der Waals surface area contributed by atoms with E-state index >= 15 is 4.39 Å². The van der Waals surface area contributed by atoms with Gasteiger partial charge in [-0.1, -0.05) is 450 Å². The SMILES string of the molecule is CC(C)(C)c1cc(F)cc(-c2ccc3c(c2)-c2ccccc2C3(C)C)c1.CC(C)(C)c1cc(F)cc(-c2ccc3c(c2)C(C)(C)c2ccccc2-3)c1.CC(C)(C)c1cc(F)cc(-c2cccc3c2-c2ccccc2C3(C)C)c1.CC(C)(C)c1cc(F)cc(-c2cccc3c2C(C)(C)c2ccccc2-3)c1.CC(C)(C)c1cc(F)cc(-c2cccc3c2C(c2ccccc2)(c2ccccc2)c2ccccc2-3)c1. The molecular weight excluding hydrogens is 1720 g/mol. The van der Waals surface area contributed by atoms with E-state index in [1.165, 1.54) is 122 Å². The van der Waals surface area contributed by atoms with E-state index in [-0.39, 0.29) is 77.8 Å². The van der Waals surface area contributed by atoms with Crippen molar-refractivity contribution in [2.24, 2.45) is 0 Å². The number of halogens is 5. The monoisotopic (exact) mass is 1850 g/mol. The molecule has 5 heteroatoms. The Labute approximate surface area is 828 Å². The fourth-order valence-corrected chi connectivity index (χ4v) is 22.5. The number of fused-ring (bicyclic) bond motifs is 15. The van der Waals surface area contributed by atoms with Gasteiger partial charge in [-0.2, -0.15) is 0 Å². The molecule has 5 aliphatic carbocycles. The zero-order valence-corrected chi connectivity index (χ0v) is 85.5. The lowest BCUT2D eigenvalue weighted by molar-refractivity contribution is 0.572. The van der Waals surface area contributed by atoms with Crippen LogP contribution in [0.4, 0.5) is 22.0 Å². The van der Waals surface area contributed by atoms with Gasteiger partial charge < -0.3 is 0 Å². The summed E-state index contributed by atoms with van der Waals surface area (Å²) in [5, 5.41) is 0. The lowest BCUT2D eigenvalue weighted by atomic mass is 9.66. The van der Waals surface area contributed by atoms with Crippen molar-refractivity contribution in [3.05, 3.63) is 488 Å². The summed E-state index contributed by atoms with van der Waals surface area (Å²) in [6, 6.07) is 124. The minimum absolute atomic E-state index is 0.00294. The second-order valence-electron chi connectivity index (χ2n) is 46.3. The van der Waals surface area contributed by atoms with Crippen LogP contribution in [-0.2, 0) is 54.1 Å². The molecule has 22 rings (SSSR count). The van der Waals surface area contributed by atoms with Gasteiger partial charge in [0, 0.05) is 21.7 Å². The van der Waals surface area contributed by atoms with Crippen molar-refractivity contribution in [1.82, 2.24) is 0 Å². The Hall–Kier alpha value is -13.6. The minimum Gasteiger partial charge on any atom is -0.207 e. The Kier molecular flexibility index (Phi) is 24.8. The van der Waals surface area contributed by atoms with Gasteiger partial charge in [-0.15, -0.1) is 0 Å². The van der Waals surface area contributed by atoms with Crippen LogP contribution in [0.15, 0.2) is 364 Å². The number of hydrogen-bond acceptors (Lipinski definition) is 0. The van der Waals surface area contributed by atoms with E-state index in [1.54, 1.807) is 60.7 Å². The van der Waals surface area contributed by atoms with E-state index in [2.05, 4.69) is 463 Å². The smallest absolute Gasteiger partial charge is 0.124 e. The Balaban J connectivity index is 0.000000117. The lowest BCUT2D eigenvalue weighted by Gasteiger charge is -2.35. The summed E-state index contributed by atoms with van der Waals surface area (Å²) in [5.41, 5.74) is 42.4. The predicted molar refractivity (Wildman–Crippen MR) is 580 cm³/mol. The molecule has 0 unspecified atom stereocenters. The second kappa shape index (κ2) is 35.9. The van der Waals surface area contributed by atoms with E-state index in [0.29, 0.717) is 0 Å². The van der Waals surface area contributed by atoms with Crippen LogP contribution in [0.1, 0.15) is 254 Å². The lowest BCUT2D eigenvalue weighted by Crippen LogP contribution is -2.29. The van der Waals surface area contributed by atoms with Crippen molar-refractivity contribution in [3.8, 4) is 111 Å². The topological polar surface area (TPSA) is 0 Å². The first kappa shape index (κ1) is 96.6. The molecule has 0 aromatic heterocycles. The zero-order chi connectivity index (χ0) is 99.7. The van der Waals surface area contributed by atoms with Crippen molar-refractivity contribution in [1.29, 1.82) is 0 Å². The summed E-state index contributed by atoms with van der Waals surface area (Å²) in [6.07, 6.45) is 0. The first-order valence-electron chi connectivity index (χ1n) is 49.5. The third kappa shape index (κ3) is 17.7. The van der Waals surface area contributed by atoms with Crippen LogP contribution in [-0.4, -0.2) is 0 Å². The number of benzene rings is 17. The third-order valence-corrected chi connectivity index (χ3v) is 30.2. The predicted octanol–water partition coefficient (Wildman–Crippen LogP) is 37.5. The first-order chi connectivity index (χ1) is 66.1. The molecule has 17 aromatic rings. The van der Waals surface area contributed by atoms with E-state index < -0.39 is 5.41 Å². The number of hydrogen-bond donors (Lipinski definition) is 0. The third-order valence-electron chi connectivity index (χ3n) is 30.2. The highest BCUT2D eigenvalue weighted by Crippen LogP contribution is 2.61. The van der Waals surface area contributed by atoms with Crippen molar-refractivity contribution in [2.45, 2.75) is 213 Å². The van der Waals surface area contributed by atoms with E-state index in [0.717, 1.165) is 83.5 Å². The van der Waals surface area contributed by atoms with E-state index in [4.69, 9.17) is 0 Å². The second-order valence-corrected chi connectivity index (χ2v) is 46.3. The summed E-state index contributed by atoms with van der Waals surface area (Å²) in [4.78, 5) is 0. The Morgan fingerprint density at radius 2 is 0.429 bits per heavy atom. The van der Waals surface area contributed by atoms with Crippen molar-refractivity contribution >= 4 is 0 Å². The van der Waals surface area contributed by atoms with Gasteiger partial charge in [-0.25, -0.2) is 22.0 Å². The molecule has 0 saturated heterocycles. The van der Waals surface area contributed by atoms with Crippen molar-refractivity contribution in [2.75, 3.05) is 0 Å². The van der Waals surface area contributed by atoms with Gasteiger partial charge in [0.2, 0.25) is 0 Å². The molecule has 0 bridgehead atoms. The average molecular weight is 1850 g/mol. The van der Waals surface area contributed by atoms with Gasteiger partial charge in [0.05, 0.1) is 5.41 Å². The first-order valence-corrected chi connectivity index (χ1v) is 49.5. The molecule has 0 saturated carbocycles. The Morgan fingerprint density at radius 1 is 0.164 bits per heavy atom. The molecule has 0 heterocycles. The van der Waals surface area contributed by atoms with Crippen LogP contribution in [0, 0.1) is 29.1 Å². The van der Waals surface area contributed by atoms with Crippen LogP contribution in [0.5, 0.6) is 0 Å². The molecule has 0 N–H and O–H groups in total. The van der Waals surface area contributed by atoms with Crippen LogP contribution in [0.25, 0.3) is 111 Å². The maximum Gasteiger partial charge on any atom is 0.124 e. The molecule has 704 valence electrons. The van der Waals surface area contributed by atoms with Crippen LogP contribution in [0.2, 0.25) is 0 Å². The Morgan fingerprint density at radius 3 is 0.864 bits per heavy atom. The normalized spacial score (nSPS) is 14.6. The van der Waals surface area contributed by atoms with Crippen molar-refractivity contribution in [3.63, 3.8) is 0 Å². The van der Waals surface area contributed by atoms with Gasteiger partial charge in [0.25, 0.3) is 0 Å². The fraction of sp³-hybridized carbons (Fsp3) is 0.244. The summed E-state index contributed by atoms with van der Waals surface area (Å²) in [6.45, 7) is 50.0. The number of rotatable bonds is 7. The maximum absolute atomic E-state index is 15.1. The minimum atomic E-state index is -0.515. The van der Waals surface area contributed by atoms with Crippen LogP contribution >= 0.6 is 0 Å². The van der Waals surface area contributed by atoms with Gasteiger partial charge >= 0.3 is 0 Å². The molecule has 0 spiro atoms. The highest BCUT2D eigenvalue weighted by atomic mass is 19.1. The standard InChI is InChI=1S/C35H29F.4C25H25F/c1-34(2,3)27-21-24(22-28(36)23-27)29-18-12-19-31-30-17-10-11-20-32(30)35(33(29)31,25-13-6-4-7-14-25)26-15-8-5-9-16-26;1-24(2,3)17-13-16(14-18(26)15-17)19-10-8-11-21-20-9-6-7-12-22(20)25(4,5)23(19)21;1-24(2,3)17-13-16(14-18(26)15-17)19-10-8-12-22-23(19)20-9-6-7-11-21(20)25(22,4)5;1-24(2,3)18-12-17(13-19(26)15-18)16-10-11-23-21(14-16)20-8-6-7-9-22(20)25(23,4)5;1-24(2,3)18-12-17(13-19(26)15-18)16-10-11-21-20-8-6-7-9-22(20)25(4,5)23(21)14-16/h4-23H,1-3H3;4*6-15H,1-5H3. The van der Waals surface area contributed by atoms with Gasteiger partial charge in [-0.3, -0.25) is 0 Å². The average Bonchev–Trinajstić information content (AvgIpc) is 1.52. The van der Waals surface area contributed by atoms with E-state index in [9.17, 15) is 17.6 Å². The largest absolute Gasteiger partial charge is 0.207 e. The fourth-order valence-electron chi connectivity index (χ4n) is 22.5. The molecule has 0 nitrogen and oxygen atoms in total. The molecule has 0 atom stereocenters. The van der Waals surface area contributed by atoms with E-state index in [1.807, 2.05) is 0 Å². The molecule has 0 radical (unpaired) electrons. The summed E-state index contributed by atoms with van der Waals surface area (Å²) in [7, 11) is 0. The maximum atomic E-state index is 15.1. The molecule has 0 fully saturated rings. The summed E-state index contributed by atoms with van der Waals surface area (Å²) >= 11 is 0. The van der Waals surface area contributed by atoms with Crippen molar-refractivity contribution < 1.29 is 22.0 Å². The molecule has 140 heavy (non-hydrogen) atoms. The summed E-state index contributed by atoms with van der Waals surface area (Å²) in [5.74, 6) is -0.881. The molecule has 5 aliphatic rings. The quantitative estimate of drug-likeness (QED) is 0.140. The molecule has 17 aromatic carbocycles.